The molecule has 3 aliphatic heterocycles. The molecule has 3 nitrogen and oxygen atoms in total. The van der Waals surface area contributed by atoms with E-state index in [9.17, 15) is 0 Å². The molecule has 3 atom stereocenters. The van der Waals surface area contributed by atoms with Crippen molar-refractivity contribution in [3.63, 3.8) is 0 Å². The summed E-state index contributed by atoms with van der Waals surface area (Å²) in [7, 11) is 0. The van der Waals surface area contributed by atoms with Crippen LogP contribution in [0.2, 0.25) is 0 Å². The lowest BCUT2D eigenvalue weighted by Gasteiger charge is -2.25. The molecular formula is C12H21N3S. The van der Waals surface area contributed by atoms with Crippen LogP contribution in [0.4, 0.5) is 0 Å². The van der Waals surface area contributed by atoms with Gasteiger partial charge in [-0.05, 0) is 31.7 Å². The fraction of sp³-hybridized carbons (Fsp3) is 0.917. The Kier molecular flexibility index (Phi) is 3.11. The average Bonchev–Trinajstić information content (AvgIpc) is 2.86. The Labute approximate surface area is 102 Å². The van der Waals surface area contributed by atoms with Gasteiger partial charge in [-0.1, -0.05) is 18.7 Å². The Bertz CT molecular complexity index is 292. The lowest BCUT2D eigenvalue weighted by atomic mass is 10.1. The second-order valence-corrected chi connectivity index (χ2v) is 6.36. The molecule has 2 saturated heterocycles. The summed E-state index contributed by atoms with van der Waals surface area (Å²) in [5.74, 6) is 1.98. The fourth-order valence-corrected chi connectivity index (χ4v) is 4.00. The highest BCUT2D eigenvalue weighted by Gasteiger charge is 2.37. The molecule has 3 unspecified atom stereocenters. The van der Waals surface area contributed by atoms with E-state index in [1.54, 1.807) is 0 Å². The normalized spacial score (nSPS) is 39.6. The highest BCUT2D eigenvalue weighted by atomic mass is 32.2. The van der Waals surface area contributed by atoms with E-state index in [4.69, 9.17) is 0 Å². The molecule has 3 heterocycles. The van der Waals surface area contributed by atoms with Gasteiger partial charge in [0.25, 0.3) is 0 Å². The van der Waals surface area contributed by atoms with Gasteiger partial charge in [0, 0.05) is 30.9 Å². The molecule has 0 aliphatic carbocycles. The van der Waals surface area contributed by atoms with E-state index in [0.29, 0.717) is 6.04 Å². The van der Waals surface area contributed by atoms with Crippen molar-refractivity contribution in [3.05, 3.63) is 0 Å². The Morgan fingerprint density at radius 2 is 2.31 bits per heavy atom. The maximum Gasteiger partial charge on any atom is 0.156 e. The Morgan fingerprint density at radius 3 is 3.12 bits per heavy atom. The van der Waals surface area contributed by atoms with Gasteiger partial charge in [-0.15, -0.1) is 0 Å². The molecule has 2 fully saturated rings. The zero-order valence-corrected chi connectivity index (χ0v) is 10.8. The first-order valence-corrected chi connectivity index (χ1v) is 7.49. The number of amidine groups is 1. The summed E-state index contributed by atoms with van der Waals surface area (Å²) in [6.07, 6.45) is 4.07. The topological polar surface area (TPSA) is 27.6 Å². The van der Waals surface area contributed by atoms with Crippen LogP contribution in [0.5, 0.6) is 0 Å². The molecule has 1 N–H and O–H groups in total. The average molecular weight is 239 g/mol. The maximum atomic E-state index is 4.64. The molecule has 0 aromatic carbocycles. The molecule has 0 saturated carbocycles. The second kappa shape index (κ2) is 4.57. The largest absolute Gasteiger partial charge is 0.361 e. The van der Waals surface area contributed by atoms with E-state index >= 15 is 0 Å². The summed E-state index contributed by atoms with van der Waals surface area (Å²) in [5, 5.41) is 4.89. The molecule has 0 bridgehead atoms. The molecule has 4 heteroatoms. The van der Waals surface area contributed by atoms with Gasteiger partial charge in [-0.25, -0.2) is 0 Å². The standard InChI is InChI=1S/C12H21N3S/c1-9-7-13-12(16-8-9)14-10-4-6-15-5-2-3-11(10)15/h9-11H,2-8H2,1H3,(H,13,14). The van der Waals surface area contributed by atoms with Crippen LogP contribution < -0.4 is 5.32 Å². The van der Waals surface area contributed by atoms with Crippen molar-refractivity contribution in [2.75, 3.05) is 25.4 Å². The van der Waals surface area contributed by atoms with Crippen LogP contribution in [-0.2, 0) is 0 Å². The van der Waals surface area contributed by atoms with Gasteiger partial charge in [0.2, 0.25) is 0 Å². The summed E-state index contributed by atoms with van der Waals surface area (Å²) < 4.78 is 0. The third kappa shape index (κ3) is 2.09. The van der Waals surface area contributed by atoms with Gasteiger partial charge >= 0.3 is 0 Å². The monoisotopic (exact) mass is 239 g/mol. The third-order valence-electron chi connectivity index (χ3n) is 3.97. The lowest BCUT2D eigenvalue weighted by molar-refractivity contribution is 0.308. The summed E-state index contributed by atoms with van der Waals surface area (Å²) in [6, 6.07) is 1.46. The van der Waals surface area contributed by atoms with Gasteiger partial charge in [0.05, 0.1) is 0 Å². The van der Waals surface area contributed by atoms with Gasteiger partial charge in [0.15, 0.2) is 5.17 Å². The number of hydrogen-bond acceptors (Lipinski definition) is 4. The predicted molar refractivity (Wildman–Crippen MR) is 70.1 cm³/mol. The van der Waals surface area contributed by atoms with Crippen LogP contribution in [-0.4, -0.2) is 47.5 Å². The second-order valence-electron chi connectivity index (χ2n) is 5.35. The quantitative estimate of drug-likeness (QED) is 0.752. The van der Waals surface area contributed by atoms with E-state index in [-0.39, 0.29) is 0 Å². The van der Waals surface area contributed by atoms with Crippen molar-refractivity contribution in [1.29, 1.82) is 0 Å². The van der Waals surface area contributed by atoms with Crippen LogP contribution in [0.3, 0.4) is 0 Å². The molecule has 0 aromatic rings. The molecule has 16 heavy (non-hydrogen) atoms. The lowest BCUT2D eigenvalue weighted by Crippen LogP contribution is -2.42. The molecule has 3 rings (SSSR count). The summed E-state index contributed by atoms with van der Waals surface area (Å²) in [5.41, 5.74) is 0. The predicted octanol–water partition coefficient (Wildman–Crippen LogP) is 1.55. The smallest absolute Gasteiger partial charge is 0.156 e. The number of fused-ring (bicyclic) bond motifs is 1. The molecule has 3 aliphatic rings. The molecule has 0 aromatic heterocycles. The first kappa shape index (κ1) is 10.9. The van der Waals surface area contributed by atoms with Crippen LogP contribution in [0.25, 0.3) is 0 Å². The molecule has 0 spiro atoms. The number of rotatable bonds is 1. The van der Waals surface area contributed by atoms with Crippen molar-refractivity contribution in [2.24, 2.45) is 10.9 Å². The van der Waals surface area contributed by atoms with Crippen molar-refractivity contribution in [1.82, 2.24) is 10.2 Å². The van der Waals surface area contributed by atoms with E-state index in [1.807, 2.05) is 11.8 Å². The third-order valence-corrected chi connectivity index (χ3v) is 5.22. The molecule has 0 amide bonds. The van der Waals surface area contributed by atoms with Crippen molar-refractivity contribution in [2.45, 2.75) is 38.3 Å². The molecular weight excluding hydrogens is 218 g/mol. The maximum absolute atomic E-state index is 4.64. The van der Waals surface area contributed by atoms with Crippen molar-refractivity contribution < 1.29 is 0 Å². The van der Waals surface area contributed by atoms with E-state index in [1.165, 1.54) is 43.3 Å². The number of aliphatic imine (C=N–C) groups is 1. The van der Waals surface area contributed by atoms with Gasteiger partial charge < -0.3 is 5.32 Å². The summed E-state index contributed by atoms with van der Waals surface area (Å²) >= 11 is 1.91. The highest BCUT2D eigenvalue weighted by Crippen LogP contribution is 2.28. The molecule has 90 valence electrons. The molecule has 0 radical (unpaired) electrons. The van der Waals surface area contributed by atoms with Crippen LogP contribution in [0, 0.1) is 5.92 Å². The Morgan fingerprint density at radius 1 is 1.38 bits per heavy atom. The first-order chi connectivity index (χ1) is 7.83. The SMILES string of the molecule is CC1CN=C(NC2CCN3CCCC23)SC1. The van der Waals surface area contributed by atoms with E-state index in [0.717, 1.165) is 18.5 Å². The summed E-state index contributed by atoms with van der Waals surface area (Å²) in [4.78, 5) is 7.29. The van der Waals surface area contributed by atoms with Gasteiger partial charge in [-0.2, -0.15) is 0 Å². The van der Waals surface area contributed by atoms with E-state index < -0.39 is 0 Å². The fourth-order valence-electron chi connectivity index (χ4n) is 3.06. The first-order valence-electron chi connectivity index (χ1n) is 6.51. The minimum absolute atomic E-state index is 0.669. The zero-order chi connectivity index (χ0) is 11.0. The number of thioether (sulfide) groups is 1. The van der Waals surface area contributed by atoms with Crippen LogP contribution >= 0.6 is 11.8 Å². The van der Waals surface area contributed by atoms with Crippen molar-refractivity contribution >= 4 is 16.9 Å². The zero-order valence-electron chi connectivity index (χ0n) is 9.98. The number of nitrogens with zero attached hydrogens (tertiary/aromatic N) is 2. The number of hydrogen-bond donors (Lipinski definition) is 1. The van der Waals surface area contributed by atoms with Crippen LogP contribution in [0.1, 0.15) is 26.2 Å². The summed E-state index contributed by atoms with van der Waals surface area (Å²) in [6.45, 7) is 5.90. The Balaban J connectivity index is 1.59. The van der Waals surface area contributed by atoms with Crippen molar-refractivity contribution in [3.8, 4) is 0 Å². The highest BCUT2D eigenvalue weighted by molar-refractivity contribution is 8.13. The Hall–Kier alpha value is -0.220. The van der Waals surface area contributed by atoms with Gasteiger partial charge in [-0.3, -0.25) is 9.89 Å². The van der Waals surface area contributed by atoms with Gasteiger partial charge in [0.1, 0.15) is 0 Å². The van der Waals surface area contributed by atoms with Crippen LogP contribution in [0.15, 0.2) is 4.99 Å². The van der Waals surface area contributed by atoms with E-state index in [2.05, 4.69) is 22.1 Å². The minimum Gasteiger partial charge on any atom is -0.361 e. The number of nitrogens with one attached hydrogen (secondary N) is 1. The minimum atomic E-state index is 0.669.